The zero-order chi connectivity index (χ0) is 25.4. The largest absolute Gasteiger partial charge is 0.494 e. The van der Waals surface area contributed by atoms with E-state index in [9.17, 15) is 18.0 Å². The summed E-state index contributed by atoms with van der Waals surface area (Å²) in [4.78, 5) is 20.2. The van der Waals surface area contributed by atoms with Crippen molar-refractivity contribution in [1.82, 2.24) is 0 Å². The molecule has 0 bridgehead atoms. The van der Waals surface area contributed by atoms with Gasteiger partial charge in [0.05, 0.1) is 6.61 Å². The highest BCUT2D eigenvalue weighted by Gasteiger charge is 2.38. The van der Waals surface area contributed by atoms with E-state index in [-0.39, 0.29) is 0 Å². The average molecular weight is 486 g/mol. The zero-order valence-corrected chi connectivity index (χ0v) is 18.9. The molecule has 3 aromatic carbocycles. The summed E-state index contributed by atoms with van der Waals surface area (Å²) >= 11 is 0. The molecule has 1 aliphatic rings. The van der Waals surface area contributed by atoms with Crippen molar-refractivity contribution < 1.29 is 32.6 Å². The van der Waals surface area contributed by atoms with Gasteiger partial charge in [0.15, 0.2) is 0 Å². The molecule has 35 heavy (non-hydrogen) atoms. The van der Waals surface area contributed by atoms with Gasteiger partial charge in [0.25, 0.3) is 0 Å². The average Bonchev–Trinajstić information content (AvgIpc) is 3.25. The van der Waals surface area contributed by atoms with Crippen LogP contribution in [0.2, 0.25) is 0 Å². The number of fused-ring (bicyclic) bond motifs is 1. The Bertz CT molecular complexity index is 1130. The fourth-order valence-corrected chi connectivity index (χ4v) is 4.01. The van der Waals surface area contributed by atoms with E-state index in [1.807, 2.05) is 42.5 Å². The number of hydrogen-bond donors (Lipinski definition) is 2. The van der Waals surface area contributed by atoms with Crippen molar-refractivity contribution in [1.29, 1.82) is 0 Å². The maximum Gasteiger partial charge on any atom is 0.490 e. The second-order valence-corrected chi connectivity index (χ2v) is 8.31. The summed E-state index contributed by atoms with van der Waals surface area (Å²) in [6, 6.07) is 24.2. The maximum atomic E-state index is 11.3. The standard InChI is InChI=1S/C25H25NO2.C2HF3O2/c26-25(27)23-9-3-8-22(17-23)19-10-12-24(13-11-19)28-14-4-5-18-15-20-6-1-2-7-21(20)16-18;3-2(4,5)1(6)7/h1-3,6-13,17-18H,4-5,14-16H2,(H2,26,27);(H,6,7). The number of aliphatic carboxylic acids is 1. The molecular weight excluding hydrogens is 459 g/mol. The third kappa shape index (κ3) is 7.60. The van der Waals surface area contributed by atoms with Crippen molar-refractivity contribution in [3.05, 3.63) is 89.5 Å². The Morgan fingerprint density at radius 2 is 1.51 bits per heavy atom. The van der Waals surface area contributed by atoms with Gasteiger partial charge in [-0.15, -0.1) is 0 Å². The Morgan fingerprint density at radius 1 is 0.914 bits per heavy atom. The number of carboxylic acid groups (broad SMARTS) is 1. The summed E-state index contributed by atoms with van der Waals surface area (Å²) in [5.74, 6) is -1.54. The number of carboxylic acids is 1. The number of carbonyl (C=O) groups is 2. The van der Waals surface area contributed by atoms with Crippen LogP contribution in [0.25, 0.3) is 11.1 Å². The highest BCUT2D eigenvalue weighted by molar-refractivity contribution is 5.94. The van der Waals surface area contributed by atoms with Crippen molar-refractivity contribution in [3.63, 3.8) is 0 Å². The predicted molar refractivity (Wildman–Crippen MR) is 126 cm³/mol. The number of halogens is 3. The number of amides is 1. The van der Waals surface area contributed by atoms with Crippen LogP contribution in [0.4, 0.5) is 13.2 Å². The Morgan fingerprint density at radius 3 is 2.06 bits per heavy atom. The minimum Gasteiger partial charge on any atom is -0.494 e. The molecule has 184 valence electrons. The topological polar surface area (TPSA) is 89.6 Å². The van der Waals surface area contributed by atoms with Crippen molar-refractivity contribution >= 4 is 11.9 Å². The summed E-state index contributed by atoms with van der Waals surface area (Å²) in [5, 5.41) is 7.12. The lowest BCUT2D eigenvalue weighted by atomic mass is 10.0. The van der Waals surface area contributed by atoms with Crippen LogP contribution in [0.1, 0.15) is 34.3 Å². The first kappa shape index (κ1) is 25.8. The molecule has 0 heterocycles. The molecule has 0 saturated carbocycles. The molecule has 1 aliphatic carbocycles. The summed E-state index contributed by atoms with van der Waals surface area (Å²) < 4.78 is 37.7. The minimum atomic E-state index is -5.08. The Hall–Kier alpha value is -3.81. The Kier molecular flexibility index (Phi) is 8.52. The van der Waals surface area contributed by atoms with E-state index in [1.54, 1.807) is 6.07 Å². The second-order valence-electron chi connectivity index (χ2n) is 8.31. The summed E-state index contributed by atoms with van der Waals surface area (Å²) in [7, 11) is 0. The van der Waals surface area contributed by atoms with E-state index in [0.29, 0.717) is 5.56 Å². The molecule has 0 fully saturated rings. The highest BCUT2D eigenvalue weighted by Crippen LogP contribution is 2.29. The quantitative estimate of drug-likeness (QED) is 0.423. The van der Waals surface area contributed by atoms with Gasteiger partial charge in [-0.1, -0.05) is 48.5 Å². The number of alkyl halides is 3. The molecule has 0 unspecified atom stereocenters. The van der Waals surface area contributed by atoms with Gasteiger partial charge in [0, 0.05) is 5.56 Å². The van der Waals surface area contributed by atoms with Gasteiger partial charge < -0.3 is 15.6 Å². The van der Waals surface area contributed by atoms with Crippen molar-refractivity contribution in [2.24, 2.45) is 11.7 Å². The SMILES string of the molecule is NC(=O)c1cccc(-c2ccc(OCCCC3Cc4ccccc4C3)cc2)c1.O=C(O)C(F)(F)F. The van der Waals surface area contributed by atoms with Crippen LogP contribution in [0.5, 0.6) is 5.75 Å². The molecule has 1 amide bonds. The van der Waals surface area contributed by atoms with Gasteiger partial charge in [-0.25, -0.2) is 4.79 Å². The van der Waals surface area contributed by atoms with Gasteiger partial charge in [-0.05, 0) is 78.1 Å². The predicted octanol–water partition coefficient (Wildman–Crippen LogP) is 5.66. The molecule has 0 aliphatic heterocycles. The smallest absolute Gasteiger partial charge is 0.490 e. The fourth-order valence-electron chi connectivity index (χ4n) is 4.01. The van der Waals surface area contributed by atoms with Crippen LogP contribution in [0.3, 0.4) is 0 Å². The Labute approximate surface area is 201 Å². The number of primary amides is 1. The first-order valence-electron chi connectivity index (χ1n) is 11.1. The van der Waals surface area contributed by atoms with Gasteiger partial charge in [-0.2, -0.15) is 13.2 Å². The van der Waals surface area contributed by atoms with Crippen molar-refractivity contribution in [2.45, 2.75) is 31.9 Å². The van der Waals surface area contributed by atoms with Crippen LogP contribution in [0, 0.1) is 5.92 Å². The maximum absolute atomic E-state index is 11.3. The number of carbonyl (C=O) groups excluding carboxylic acids is 1. The van der Waals surface area contributed by atoms with Crippen LogP contribution in [-0.2, 0) is 17.6 Å². The number of rotatable bonds is 7. The third-order valence-electron chi connectivity index (χ3n) is 5.74. The number of nitrogens with two attached hydrogens (primary N) is 1. The summed E-state index contributed by atoms with van der Waals surface area (Å²) in [6.45, 7) is 0.739. The molecule has 3 N–H and O–H groups in total. The van der Waals surface area contributed by atoms with Gasteiger partial charge in [0.1, 0.15) is 5.75 Å². The van der Waals surface area contributed by atoms with Gasteiger partial charge >= 0.3 is 12.1 Å². The molecular formula is C27H26F3NO4. The molecule has 0 spiro atoms. The summed E-state index contributed by atoms with van der Waals surface area (Å²) in [6.07, 6.45) is -0.405. The van der Waals surface area contributed by atoms with Crippen molar-refractivity contribution in [2.75, 3.05) is 6.61 Å². The van der Waals surface area contributed by atoms with E-state index in [4.69, 9.17) is 20.4 Å². The first-order chi connectivity index (χ1) is 16.6. The molecule has 3 aromatic rings. The van der Waals surface area contributed by atoms with Crippen LogP contribution in [-0.4, -0.2) is 29.8 Å². The molecule has 0 radical (unpaired) electrons. The minimum absolute atomic E-state index is 0.410. The second kappa shape index (κ2) is 11.6. The van der Waals surface area contributed by atoms with Gasteiger partial charge in [0.2, 0.25) is 5.91 Å². The third-order valence-corrected chi connectivity index (χ3v) is 5.74. The van der Waals surface area contributed by atoms with Gasteiger partial charge in [-0.3, -0.25) is 4.79 Å². The van der Waals surface area contributed by atoms with E-state index < -0.39 is 18.1 Å². The van der Waals surface area contributed by atoms with Crippen molar-refractivity contribution in [3.8, 4) is 16.9 Å². The lowest BCUT2D eigenvalue weighted by Crippen LogP contribution is -2.21. The molecule has 4 rings (SSSR count). The zero-order valence-electron chi connectivity index (χ0n) is 18.9. The molecule has 0 atom stereocenters. The van der Waals surface area contributed by atoms with E-state index in [2.05, 4.69) is 24.3 Å². The van der Waals surface area contributed by atoms with Crippen LogP contribution in [0.15, 0.2) is 72.8 Å². The summed E-state index contributed by atoms with van der Waals surface area (Å²) in [5.41, 5.74) is 10.9. The van der Waals surface area contributed by atoms with E-state index in [0.717, 1.165) is 35.8 Å². The fraction of sp³-hybridized carbons (Fsp3) is 0.259. The molecule has 0 saturated heterocycles. The first-order valence-corrected chi connectivity index (χ1v) is 11.1. The normalized spacial score (nSPS) is 12.9. The van der Waals surface area contributed by atoms with E-state index in [1.165, 1.54) is 30.4 Å². The monoisotopic (exact) mass is 485 g/mol. The lowest BCUT2D eigenvalue weighted by Gasteiger charge is -2.11. The Balaban J connectivity index is 0.000000429. The lowest BCUT2D eigenvalue weighted by molar-refractivity contribution is -0.192. The van der Waals surface area contributed by atoms with E-state index >= 15 is 0 Å². The molecule has 5 nitrogen and oxygen atoms in total. The van der Waals surface area contributed by atoms with Crippen LogP contribution < -0.4 is 10.5 Å². The molecule has 8 heteroatoms. The number of ether oxygens (including phenoxy) is 1. The van der Waals surface area contributed by atoms with Crippen LogP contribution >= 0.6 is 0 Å². The highest BCUT2D eigenvalue weighted by atomic mass is 19.4. The number of benzene rings is 3. The number of hydrogen-bond acceptors (Lipinski definition) is 3. The molecule has 0 aromatic heterocycles.